The third-order valence-electron chi connectivity index (χ3n) is 4.30. The summed E-state index contributed by atoms with van der Waals surface area (Å²) >= 11 is 0. The summed E-state index contributed by atoms with van der Waals surface area (Å²) in [5.41, 5.74) is 2.63. The summed E-state index contributed by atoms with van der Waals surface area (Å²) in [4.78, 5) is 4.80. The van der Waals surface area contributed by atoms with E-state index in [9.17, 15) is 0 Å². The quantitative estimate of drug-likeness (QED) is 0.816. The van der Waals surface area contributed by atoms with Gasteiger partial charge >= 0.3 is 0 Å². The number of rotatable bonds is 2. The van der Waals surface area contributed by atoms with Crippen LogP contribution in [0.4, 0.5) is 5.69 Å². The van der Waals surface area contributed by atoms with Crippen LogP contribution in [0.3, 0.4) is 0 Å². The molecule has 1 saturated heterocycles. The molecule has 2 rings (SSSR count). The summed E-state index contributed by atoms with van der Waals surface area (Å²) in [6, 6.07) is 11.7. The van der Waals surface area contributed by atoms with Crippen LogP contribution in [0.2, 0.25) is 0 Å². The summed E-state index contributed by atoms with van der Waals surface area (Å²) in [5, 5.41) is 9.03. The van der Waals surface area contributed by atoms with Crippen molar-refractivity contribution in [3.8, 4) is 6.07 Å². The molecule has 1 aromatic carbocycles. The second kappa shape index (κ2) is 6.08. The Kier molecular flexibility index (Phi) is 4.44. The minimum absolute atomic E-state index is 0.321. The van der Waals surface area contributed by atoms with Gasteiger partial charge in [0, 0.05) is 30.9 Å². The third kappa shape index (κ3) is 3.08. The molecular weight excluding hydrogens is 234 g/mol. The van der Waals surface area contributed by atoms with Crippen molar-refractivity contribution < 1.29 is 0 Å². The molecule has 1 aliphatic rings. The molecule has 0 amide bonds. The Hall–Kier alpha value is -1.53. The number of hydrogen-bond acceptors (Lipinski definition) is 3. The van der Waals surface area contributed by atoms with Gasteiger partial charge in [-0.15, -0.1) is 0 Å². The van der Waals surface area contributed by atoms with E-state index in [1.54, 1.807) is 0 Å². The molecule has 0 radical (unpaired) electrons. The highest BCUT2D eigenvalue weighted by Crippen LogP contribution is 2.24. The number of hydrogen-bond donors (Lipinski definition) is 0. The molecule has 0 aliphatic carbocycles. The molecular formula is C16H23N3. The van der Waals surface area contributed by atoms with E-state index in [1.165, 1.54) is 11.3 Å². The lowest BCUT2D eigenvalue weighted by Gasteiger charge is -2.31. The number of likely N-dealkylation sites (N-methyl/N-ethyl adjacent to an activating group) is 1. The molecule has 3 heteroatoms. The van der Waals surface area contributed by atoms with Gasteiger partial charge in [-0.2, -0.15) is 5.26 Å². The zero-order valence-corrected chi connectivity index (χ0v) is 12.1. The number of anilines is 1. The number of nitriles is 1. The van der Waals surface area contributed by atoms with E-state index in [0.717, 1.165) is 19.5 Å². The first-order chi connectivity index (χ1) is 9.13. The van der Waals surface area contributed by atoms with Crippen LogP contribution in [-0.2, 0) is 0 Å². The molecule has 1 heterocycles. The first-order valence-corrected chi connectivity index (χ1v) is 7.03. The topological polar surface area (TPSA) is 30.3 Å². The number of nitrogens with zero attached hydrogens (tertiary/aromatic N) is 3. The van der Waals surface area contributed by atoms with Crippen LogP contribution in [0.25, 0.3) is 0 Å². The smallest absolute Gasteiger partial charge is 0.0638 e. The van der Waals surface area contributed by atoms with Gasteiger partial charge in [-0.3, -0.25) is 4.90 Å². The zero-order valence-electron chi connectivity index (χ0n) is 12.1. The maximum absolute atomic E-state index is 9.03. The highest BCUT2D eigenvalue weighted by Gasteiger charge is 2.27. The Morgan fingerprint density at radius 3 is 2.79 bits per heavy atom. The van der Waals surface area contributed by atoms with Gasteiger partial charge in [0.1, 0.15) is 0 Å². The summed E-state index contributed by atoms with van der Waals surface area (Å²) in [5.74, 6) is 0. The zero-order chi connectivity index (χ0) is 13.8. The largest absolute Gasteiger partial charge is 0.370 e. The maximum atomic E-state index is 9.03. The fourth-order valence-corrected chi connectivity index (χ4v) is 2.83. The van der Waals surface area contributed by atoms with Gasteiger partial charge < -0.3 is 4.90 Å². The molecule has 1 aromatic rings. The average molecular weight is 257 g/mol. The lowest BCUT2D eigenvalue weighted by atomic mass is 10.1. The lowest BCUT2D eigenvalue weighted by molar-refractivity contribution is 0.199. The molecule has 0 saturated carbocycles. The van der Waals surface area contributed by atoms with Crippen molar-refractivity contribution >= 4 is 5.69 Å². The van der Waals surface area contributed by atoms with Crippen molar-refractivity contribution in [3.05, 3.63) is 29.8 Å². The number of aryl methyl sites for hydroxylation is 1. The molecule has 102 valence electrons. The molecule has 1 aliphatic heterocycles. The molecule has 0 spiro atoms. The summed E-state index contributed by atoms with van der Waals surface area (Å²) < 4.78 is 0. The van der Waals surface area contributed by atoms with Crippen molar-refractivity contribution in [2.45, 2.75) is 38.8 Å². The van der Waals surface area contributed by atoms with Crippen molar-refractivity contribution in [1.82, 2.24) is 4.90 Å². The van der Waals surface area contributed by atoms with Gasteiger partial charge in [0.25, 0.3) is 0 Å². The standard InChI is InChI=1S/C16H23N3/c1-13-6-4-5-7-16(13)19-11-9-14(2)18(3)15(12-19)8-10-17/h4-7,14-15H,8-9,11-12H2,1-3H3. The van der Waals surface area contributed by atoms with Gasteiger partial charge in [-0.25, -0.2) is 0 Å². The molecule has 2 unspecified atom stereocenters. The number of para-hydroxylation sites is 1. The highest BCUT2D eigenvalue weighted by atomic mass is 15.2. The van der Waals surface area contributed by atoms with Gasteiger partial charge in [0.15, 0.2) is 0 Å². The first-order valence-electron chi connectivity index (χ1n) is 7.03. The third-order valence-corrected chi connectivity index (χ3v) is 4.30. The predicted molar refractivity (Wildman–Crippen MR) is 79.3 cm³/mol. The average Bonchev–Trinajstić information content (AvgIpc) is 2.54. The van der Waals surface area contributed by atoms with Crippen LogP contribution >= 0.6 is 0 Å². The summed E-state index contributed by atoms with van der Waals surface area (Å²) in [6.07, 6.45) is 1.75. The van der Waals surface area contributed by atoms with E-state index < -0.39 is 0 Å². The van der Waals surface area contributed by atoms with Crippen LogP contribution in [0.5, 0.6) is 0 Å². The van der Waals surface area contributed by atoms with Crippen molar-refractivity contribution in [3.63, 3.8) is 0 Å². The van der Waals surface area contributed by atoms with Crippen molar-refractivity contribution in [2.24, 2.45) is 0 Å². The van der Waals surface area contributed by atoms with E-state index in [4.69, 9.17) is 5.26 Å². The minimum atomic E-state index is 0.321. The van der Waals surface area contributed by atoms with Gasteiger partial charge in [-0.1, -0.05) is 18.2 Å². The van der Waals surface area contributed by atoms with Crippen molar-refractivity contribution in [1.29, 1.82) is 5.26 Å². The van der Waals surface area contributed by atoms with Crippen LogP contribution in [0, 0.1) is 18.3 Å². The molecule has 0 bridgehead atoms. The SMILES string of the molecule is Cc1ccccc1N1CCC(C)N(C)C(CC#N)C1. The van der Waals surface area contributed by atoms with Crippen LogP contribution in [0.1, 0.15) is 25.3 Å². The Morgan fingerprint density at radius 2 is 2.11 bits per heavy atom. The second-order valence-electron chi connectivity index (χ2n) is 5.55. The lowest BCUT2D eigenvalue weighted by Crippen LogP contribution is -2.41. The summed E-state index contributed by atoms with van der Waals surface area (Å²) in [6.45, 7) is 6.43. The van der Waals surface area contributed by atoms with E-state index in [0.29, 0.717) is 18.5 Å². The Labute approximate surface area is 116 Å². The monoisotopic (exact) mass is 257 g/mol. The van der Waals surface area contributed by atoms with Crippen molar-refractivity contribution in [2.75, 3.05) is 25.0 Å². The Bertz CT molecular complexity index is 463. The van der Waals surface area contributed by atoms with E-state index >= 15 is 0 Å². The normalized spacial score (nSPS) is 24.8. The van der Waals surface area contributed by atoms with Crippen LogP contribution < -0.4 is 4.90 Å². The molecule has 3 nitrogen and oxygen atoms in total. The van der Waals surface area contributed by atoms with Crippen LogP contribution in [0.15, 0.2) is 24.3 Å². The van der Waals surface area contributed by atoms with Gasteiger partial charge in [-0.05, 0) is 38.9 Å². The minimum Gasteiger partial charge on any atom is -0.370 e. The highest BCUT2D eigenvalue weighted by molar-refractivity contribution is 5.53. The molecule has 2 atom stereocenters. The molecule has 0 aromatic heterocycles. The van der Waals surface area contributed by atoms with Crippen LogP contribution in [-0.4, -0.2) is 37.1 Å². The van der Waals surface area contributed by atoms with Gasteiger partial charge in [0.05, 0.1) is 12.5 Å². The Balaban J connectivity index is 2.23. The summed E-state index contributed by atoms with van der Waals surface area (Å²) in [7, 11) is 2.15. The fraction of sp³-hybridized carbons (Fsp3) is 0.562. The molecule has 0 N–H and O–H groups in total. The maximum Gasteiger partial charge on any atom is 0.0638 e. The fourth-order valence-electron chi connectivity index (χ4n) is 2.83. The molecule has 1 fully saturated rings. The number of benzene rings is 1. The predicted octanol–water partition coefficient (Wildman–Crippen LogP) is 2.81. The van der Waals surface area contributed by atoms with E-state index in [-0.39, 0.29) is 0 Å². The Morgan fingerprint density at radius 1 is 1.37 bits per heavy atom. The van der Waals surface area contributed by atoms with Gasteiger partial charge in [0.2, 0.25) is 0 Å². The second-order valence-corrected chi connectivity index (χ2v) is 5.55. The first kappa shape index (κ1) is 13.9. The van der Waals surface area contributed by atoms with E-state index in [1.807, 2.05) is 0 Å². The molecule has 19 heavy (non-hydrogen) atoms. The van der Waals surface area contributed by atoms with E-state index in [2.05, 4.69) is 61.0 Å².